The number of hydrazine groups is 2. The molecule has 0 aliphatic rings. The van der Waals surface area contributed by atoms with Crippen LogP contribution in [0.4, 0.5) is 0 Å². The lowest BCUT2D eigenvalue weighted by atomic mass is 10.1. The summed E-state index contributed by atoms with van der Waals surface area (Å²) in [5.74, 6) is -1.84. The van der Waals surface area contributed by atoms with Gasteiger partial charge in [0.1, 0.15) is 17.7 Å². The molecule has 0 fully saturated rings. The van der Waals surface area contributed by atoms with Crippen LogP contribution in [0, 0.1) is 0 Å². The standard InChI is InChI=1S/C12H25N3O6S/c1-6-7-9(11(18)21-12(3,4)5)15(8(2)10(16)17)13-14-22(19)20/h8-9,13-14H,6-7H2,1-5H3,(H,16,17)(H,19,20)/p-1/t8-,9?/m0/s1. The third-order valence-corrected chi connectivity index (χ3v) is 2.87. The second-order valence-corrected chi connectivity index (χ2v) is 6.38. The largest absolute Gasteiger partial charge is 0.759 e. The fourth-order valence-corrected chi connectivity index (χ4v) is 1.85. The van der Waals surface area contributed by atoms with E-state index in [0.717, 1.165) is 5.01 Å². The van der Waals surface area contributed by atoms with E-state index in [2.05, 4.69) is 5.53 Å². The first-order valence-electron chi connectivity index (χ1n) is 6.84. The summed E-state index contributed by atoms with van der Waals surface area (Å²) in [4.78, 5) is 25.3. The zero-order valence-corrected chi connectivity index (χ0v) is 14.2. The smallest absolute Gasteiger partial charge is 0.325 e. The van der Waals surface area contributed by atoms with Gasteiger partial charge in [-0.15, -0.1) is 0 Å². The molecule has 0 amide bonds. The minimum Gasteiger partial charge on any atom is -0.759 e. The van der Waals surface area contributed by atoms with Gasteiger partial charge in [-0.05, 0) is 34.1 Å². The highest BCUT2D eigenvalue weighted by molar-refractivity contribution is 7.76. The molecular formula is C12H24N3O6S-. The molecule has 3 N–H and O–H groups in total. The maximum Gasteiger partial charge on any atom is 0.325 e. The Labute approximate surface area is 132 Å². The molecule has 0 aliphatic heterocycles. The summed E-state index contributed by atoms with van der Waals surface area (Å²) in [6.45, 7) is 8.23. The predicted octanol–water partition coefficient (Wildman–Crippen LogP) is 0.0752. The minimum absolute atomic E-state index is 0.298. The Balaban J connectivity index is 5.31. The van der Waals surface area contributed by atoms with Crippen LogP contribution < -0.4 is 10.4 Å². The van der Waals surface area contributed by atoms with Gasteiger partial charge in [-0.1, -0.05) is 13.3 Å². The van der Waals surface area contributed by atoms with Crippen molar-refractivity contribution < 1.29 is 28.2 Å². The summed E-state index contributed by atoms with van der Waals surface area (Å²) >= 11 is -2.67. The highest BCUT2D eigenvalue weighted by atomic mass is 32.2. The Morgan fingerprint density at radius 3 is 2.32 bits per heavy atom. The van der Waals surface area contributed by atoms with E-state index in [0.29, 0.717) is 12.8 Å². The van der Waals surface area contributed by atoms with Crippen molar-refractivity contribution in [2.75, 3.05) is 0 Å². The van der Waals surface area contributed by atoms with E-state index in [1.54, 1.807) is 20.8 Å². The Hall–Kier alpha value is -1.07. The Morgan fingerprint density at radius 1 is 1.41 bits per heavy atom. The summed E-state index contributed by atoms with van der Waals surface area (Å²) in [7, 11) is 0. The van der Waals surface area contributed by atoms with E-state index in [9.17, 15) is 18.4 Å². The lowest BCUT2D eigenvalue weighted by Gasteiger charge is -2.35. The number of nitrogens with zero attached hydrogens (tertiary/aromatic N) is 1. The van der Waals surface area contributed by atoms with Crippen LogP contribution in [0.15, 0.2) is 0 Å². The molecule has 9 nitrogen and oxygen atoms in total. The van der Waals surface area contributed by atoms with Gasteiger partial charge in [-0.2, -0.15) is 10.4 Å². The lowest BCUT2D eigenvalue weighted by Crippen LogP contribution is -2.61. The molecule has 0 bridgehead atoms. The quantitative estimate of drug-likeness (QED) is 0.306. The van der Waals surface area contributed by atoms with Crippen molar-refractivity contribution in [3.8, 4) is 0 Å². The number of rotatable bonds is 9. The molecular weight excluding hydrogens is 314 g/mol. The van der Waals surface area contributed by atoms with Crippen LogP contribution in [-0.4, -0.2) is 48.5 Å². The van der Waals surface area contributed by atoms with E-state index in [1.807, 2.05) is 11.8 Å². The fourth-order valence-electron chi connectivity index (χ4n) is 1.67. The van der Waals surface area contributed by atoms with Gasteiger partial charge < -0.3 is 14.4 Å². The van der Waals surface area contributed by atoms with Gasteiger partial charge >= 0.3 is 11.9 Å². The van der Waals surface area contributed by atoms with Crippen LogP contribution >= 0.6 is 0 Å². The zero-order valence-electron chi connectivity index (χ0n) is 13.4. The third kappa shape index (κ3) is 7.80. The van der Waals surface area contributed by atoms with Gasteiger partial charge in [0.05, 0.1) is 0 Å². The maximum atomic E-state index is 12.3. The van der Waals surface area contributed by atoms with Crippen molar-refractivity contribution in [1.29, 1.82) is 0 Å². The summed E-state index contributed by atoms with van der Waals surface area (Å²) in [5.41, 5.74) is 1.50. The molecule has 130 valence electrons. The average Bonchev–Trinajstić information content (AvgIpc) is 2.34. The number of esters is 1. The molecule has 22 heavy (non-hydrogen) atoms. The van der Waals surface area contributed by atoms with Crippen LogP contribution in [-0.2, 0) is 25.6 Å². The van der Waals surface area contributed by atoms with E-state index in [4.69, 9.17) is 9.84 Å². The number of aliphatic carboxylic acids is 1. The molecule has 0 aromatic carbocycles. The van der Waals surface area contributed by atoms with Crippen molar-refractivity contribution in [1.82, 2.24) is 15.4 Å². The van der Waals surface area contributed by atoms with Gasteiger partial charge in [0, 0.05) is 11.3 Å². The van der Waals surface area contributed by atoms with E-state index in [1.165, 1.54) is 6.92 Å². The Morgan fingerprint density at radius 2 is 1.95 bits per heavy atom. The van der Waals surface area contributed by atoms with Crippen LogP contribution in [0.3, 0.4) is 0 Å². The Bertz CT molecular complexity index is 412. The van der Waals surface area contributed by atoms with Crippen LogP contribution in [0.25, 0.3) is 0 Å². The fraction of sp³-hybridized carbons (Fsp3) is 0.833. The number of carboxylic acid groups (broad SMARTS) is 1. The molecule has 0 rings (SSSR count). The molecule has 0 saturated heterocycles. The highest BCUT2D eigenvalue weighted by Gasteiger charge is 2.35. The molecule has 2 unspecified atom stereocenters. The monoisotopic (exact) mass is 338 g/mol. The summed E-state index contributed by atoms with van der Waals surface area (Å²) < 4.78 is 26.5. The average molecular weight is 338 g/mol. The maximum absolute atomic E-state index is 12.3. The predicted molar refractivity (Wildman–Crippen MR) is 78.7 cm³/mol. The SMILES string of the molecule is CCCC(C(=O)OC(C)(C)C)N(NNS(=O)[O-])[C@@H](C)C(=O)O. The zero-order chi connectivity index (χ0) is 17.5. The van der Waals surface area contributed by atoms with Gasteiger partial charge in [-0.3, -0.25) is 13.8 Å². The molecule has 0 saturated carbocycles. The Kier molecular flexibility index (Phi) is 8.71. The lowest BCUT2D eigenvalue weighted by molar-refractivity contribution is -0.167. The second kappa shape index (κ2) is 9.16. The molecule has 0 aromatic heterocycles. The highest BCUT2D eigenvalue weighted by Crippen LogP contribution is 2.16. The first-order chi connectivity index (χ1) is 9.99. The van der Waals surface area contributed by atoms with Crippen LogP contribution in [0.2, 0.25) is 0 Å². The number of nitrogens with one attached hydrogen (secondary N) is 2. The number of carboxylic acids is 1. The summed E-state index contributed by atoms with van der Waals surface area (Å²) in [6, 6.07) is -2.11. The number of carbonyl (C=O) groups excluding carboxylic acids is 1. The van der Waals surface area contributed by atoms with Crippen LogP contribution in [0.1, 0.15) is 47.5 Å². The molecule has 0 aliphatic carbocycles. The molecule has 10 heteroatoms. The molecule has 0 spiro atoms. The topological polar surface area (TPSA) is 131 Å². The van der Waals surface area contributed by atoms with Crippen molar-refractivity contribution >= 4 is 23.2 Å². The first-order valence-corrected chi connectivity index (χ1v) is 7.91. The minimum atomic E-state index is -2.67. The van der Waals surface area contributed by atoms with Crippen molar-refractivity contribution in [2.24, 2.45) is 0 Å². The second-order valence-electron chi connectivity index (χ2n) is 5.71. The van der Waals surface area contributed by atoms with E-state index in [-0.39, 0.29) is 0 Å². The number of hydrogen-bond acceptors (Lipinski definition) is 7. The summed E-state index contributed by atoms with van der Waals surface area (Å²) in [6.07, 6.45) is 0.877. The van der Waals surface area contributed by atoms with Crippen molar-refractivity contribution in [3.63, 3.8) is 0 Å². The normalized spacial score (nSPS) is 16.1. The number of carbonyl (C=O) groups is 2. The van der Waals surface area contributed by atoms with Gasteiger partial charge in [0.2, 0.25) is 0 Å². The molecule has 0 aromatic rings. The molecule has 3 atom stereocenters. The molecule has 0 heterocycles. The van der Waals surface area contributed by atoms with E-state index < -0.39 is 40.9 Å². The van der Waals surface area contributed by atoms with Crippen molar-refractivity contribution in [3.05, 3.63) is 0 Å². The van der Waals surface area contributed by atoms with Crippen molar-refractivity contribution in [2.45, 2.75) is 65.1 Å². The van der Waals surface area contributed by atoms with Gasteiger partial charge in [0.25, 0.3) is 0 Å². The van der Waals surface area contributed by atoms with Gasteiger partial charge in [0.15, 0.2) is 0 Å². The van der Waals surface area contributed by atoms with Gasteiger partial charge in [-0.25, -0.2) is 5.01 Å². The molecule has 0 radical (unpaired) electrons. The third-order valence-electron chi connectivity index (χ3n) is 2.61. The number of hydrogen-bond donors (Lipinski definition) is 3. The number of ether oxygens (including phenoxy) is 1. The first kappa shape index (κ1) is 20.9. The van der Waals surface area contributed by atoms with E-state index >= 15 is 0 Å². The van der Waals surface area contributed by atoms with Crippen LogP contribution in [0.5, 0.6) is 0 Å². The summed E-state index contributed by atoms with van der Waals surface area (Å²) in [5, 5.41) is 10.2.